The minimum atomic E-state index is -2.22. The van der Waals surface area contributed by atoms with E-state index in [0.717, 1.165) is 38.8 Å². The first kappa shape index (κ1) is 14.5. The molecule has 4 nitrogen and oxygen atoms in total. The fourth-order valence-corrected chi connectivity index (χ4v) is 3.09. The minimum absolute atomic E-state index is 0.0898. The van der Waals surface area contributed by atoms with Crippen molar-refractivity contribution in [2.24, 2.45) is 11.8 Å². The molecule has 2 saturated heterocycles. The predicted molar refractivity (Wildman–Crippen MR) is 67.5 cm³/mol. The molecular formula is C13H22F2N2O2. The highest BCUT2D eigenvalue weighted by Crippen LogP contribution is 2.27. The molecule has 0 bridgehead atoms. The molecule has 6 heteroatoms. The maximum atomic E-state index is 12.1. The Labute approximate surface area is 112 Å². The number of halogens is 2. The van der Waals surface area contributed by atoms with Crippen molar-refractivity contribution in [3.05, 3.63) is 0 Å². The van der Waals surface area contributed by atoms with E-state index in [1.165, 1.54) is 4.90 Å². The number of alkyl halides is 2. The molecule has 2 aliphatic heterocycles. The lowest BCUT2D eigenvalue weighted by molar-refractivity contribution is 0.0194. The summed E-state index contributed by atoms with van der Waals surface area (Å²) >= 11 is 0. The number of nitrogens with zero attached hydrogens (tertiary/aromatic N) is 2. The van der Waals surface area contributed by atoms with Gasteiger partial charge >= 0.3 is 6.09 Å². The van der Waals surface area contributed by atoms with Crippen LogP contribution < -0.4 is 0 Å². The van der Waals surface area contributed by atoms with Crippen molar-refractivity contribution in [3.63, 3.8) is 0 Å². The summed E-state index contributed by atoms with van der Waals surface area (Å²) in [7, 11) is 0. The number of amides is 1. The molecule has 2 heterocycles. The first-order chi connectivity index (χ1) is 9.04. The van der Waals surface area contributed by atoms with Crippen LogP contribution in [0.2, 0.25) is 0 Å². The van der Waals surface area contributed by atoms with Gasteiger partial charge in [-0.15, -0.1) is 0 Å². The van der Waals surface area contributed by atoms with Crippen LogP contribution in [0.5, 0.6) is 0 Å². The van der Waals surface area contributed by atoms with Gasteiger partial charge in [0.15, 0.2) is 0 Å². The van der Waals surface area contributed by atoms with Crippen molar-refractivity contribution in [2.75, 3.05) is 32.7 Å². The summed E-state index contributed by atoms with van der Waals surface area (Å²) in [5.74, 6) is 1.18. The van der Waals surface area contributed by atoms with Crippen LogP contribution in [0, 0.1) is 11.8 Å². The van der Waals surface area contributed by atoms with Crippen molar-refractivity contribution >= 4 is 6.09 Å². The van der Waals surface area contributed by atoms with Crippen molar-refractivity contribution in [1.82, 2.24) is 9.80 Å². The Bertz CT molecular complexity index is 301. The molecule has 19 heavy (non-hydrogen) atoms. The highest BCUT2D eigenvalue weighted by molar-refractivity contribution is 5.64. The maximum Gasteiger partial charge on any atom is 0.407 e. The molecule has 2 fully saturated rings. The van der Waals surface area contributed by atoms with E-state index in [1.807, 2.05) is 4.90 Å². The quantitative estimate of drug-likeness (QED) is 0.838. The van der Waals surface area contributed by atoms with Gasteiger partial charge in [-0.1, -0.05) is 0 Å². The van der Waals surface area contributed by atoms with E-state index < -0.39 is 12.5 Å². The molecule has 0 radical (unpaired) electrons. The minimum Gasteiger partial charge on any atom is -0.465 e. The van der Waals surface area contributed by atoms with Crippen molar-refractivity contribution in [1.29, 1.82) is 0 Å². The van der Waals surface area contributed by atoms with Crippen LogP contribution in [-0.2, 0) is 0 Å². The van der Waals surface area contributed by atoms with Crippen LogP contribution in [0.1, 0.15) is 25.7 Å². The lowest BCUT2D eigenvalue weighted by Crippen LogP contribution is -2.48. The Kier molecular flexibility index (Phi) is 4.96. The Balaban J connectivity index is 1.55. The van der Waals surface area contributed by atoms with E-state index >= 15 is 0 Å². The Hall–Kier alpha value is -0.910. The van der Waals surface area contributed by atoms with Gasteiger partial charge < -0.3 is 10.0 Å². The lowest BCUT2D eigenvalue weighted by Gasteiger charge is -2.40. The summed E-state index contributed by atoms with van der Waals surface area (Å²) in [5.41, 5.74) is 0. The Morgan fingerprint density at radius 3 is 2.26 bits per heavy atom. The smallest absolute Gasteiger partial charge is 0.407 e. The molecule has 0 unspecified atom stereocenters. The van der Waals surface area contributed by atoms with E-state index in [1.54, 1.807) is 0 Å². The van der Waals surface area contributed by atoms with E-state index in [4.69, 9.17) is 5.11 Å². The van der Waals surface area contributed by atoms with Gasteiger partial charge in [-0.2, -0.15) is 0 Å². The molecule has 0 saturated carbocycles. The van der Waals surface area contributed by atoms with Gasteiger partial charge in [-0.3, -0.25) is 4.90 Å². The summed E-state index contributed by atoms with van der Waals surface area (Å²) in [6.07, 6.45) is 1.05. The zero-order valence-electron chi connectivity index (χ0n) is 11.1. The molecule has 0 spiro atoms. The molecule has 110 valence electrons. The zero-order valence-corrected chi connectivity index (χ0v) is 11.1. The van der Waals surface area contributed by atoms with Gasteiger partial charge in [0.05, 0.1) is 6.54 Å². The number of hydrogen-bond donors (Lipinski definition) is 1. The third-order valence-corrected chi connectivity index (χ3v) is 4.30. The molecular weight excluding hydrogens is 254 g/mol. The molecule has 0 aromatic heterocycles. The average molecular weight is 276 g/mol. The molecule has 0 aromatic carbocycles. The molecule has 0 aromatic rings. The SMILES string of the molecule is O=C(O)N1CCC(CCC2CN(CC(F)F)C2)CC1. The van der Waals surface area contributed by atoms with Crippen molar-refractivity contribution < 1.29 is 18.7 Å². The Morgan fingerprint density at radius 2 is 1.74 bits per heavy atom. The van der Waals surface area contributed by atoms with Crippen LogP contribution in [0.3, 0.4) is 0 Å². The third kappa shape index (κ3) is 4.30. The molecule has 1 amide bonds. The van der Waals surface area contributed by atoms with Crippen molar-refractivity contribution in [3.8, 4) is 0 Å². The van der Waals surface area contributed by atoms with E-state index in [2.05, 4.69) is 0 Å². The largest absolute Gasteiger partial charge is 0.465 e. The topological polar surface area (TPSA) is 43.8 Å². The summed E-state index contributed by atoms with van der Waals surface area (Å²) in [6.45, 7) is 2.80. The second kappa shape index (κ2) is 6.50. The molecule has 0 aliphatic carbocycles. The highest BCUT2D eigenvalue weighted by Gasteiger charge is 2.29. The van der Waals surface area contributed by atoms with Crippen LogP contribution in [0.25, 0.3) is 0 Å². The van der Waals surface area contributed by atoms with E-state index in [-0.39, 0.29) is 6.54 Å². The number of hydrogen-bond acceptors (Lipinski definition) is 2. The second-order valence-corrected chi connectivity index (χ2v) is 5.77. The fraction of sp³-hybridized carbons (Fsp3) is 0.923. The van der Waals surface area contributed by atoms with Gasteiger partial charge in [-0.25, -0.2) is 13.6 Å². The first-order valence-electron chi connectivity index (χ1n) is 7.03. The molecule has 2 aliphatic rings. The van der Waals surface area contributed by atoms with Gasteiger partial charge in [0.2, 0.25) is 0 Å². The fourth-order valence-electron chi connectivity index (χ4n) is 3.09. The number of carbonyl (C=O) groups is 1. The molecule has 1 N–H and O–H groups in total. The second-order valence-electron chi connectivity index (χ2n) is 5.77. The predicted octanol–water partition coefficient (Wildman–Crippen LogP) is 2.35. The van der Waals surface area contributed by atoms with Gasteiger partial charge in [0, 0.05) is 26.2 Å². The number of carboxylic acid groups (broad SMARTS) is 1. The molecule has 0 atom stereocenters. The van der Waals surface area contributed by atoms with Gasteiger partial charge in [0.1, 0.15) is 0 Å². The maximum absolute atomic E-state index is 12.1. The van der Waals surface area contributed by atoms with Crippen LogP contribution in [-0.4, -0.2) is 60.1 Å². The summed E-state index contributed by atoms with van der Waals surface area (Å²) in [5, 5.41) is 8.85. The third-order valence-electron chi connectivity index (χ3n) is 4.30. The van der Waals surface area contributed by atoms with Gasteiger partial charge in [0.25, 0.3) is 6.43 Å². The standard InChI is InChI=1S/C13H22F2N2O2/c14-12(15)9-16-7-11(8-16)2-1-10-3-5-17(6-4-10)13(18)19/h10-12H,1-9H2,(H,18,19). The highest BCUT2D eigenvalue weighted by atomic mass is 19.3. The average Bonchev–Trinajstić information content (AvgIpc) is 2.32. The van der Waals surface area contributed by atoms with Crippen molar-refractivity contribution in [2.45, 2.75) is 32.1 Å². The monoisotopic (exact) mass is 276 g/mol. The Morgan fingerprint density at radius 1 is 1.16 bits per heavy atom. The van der Waals surface area contributed by atoms with Gasteiger partial charge in [-0.05, 0) is 37.5 Å². The van der Waals surface area contributed by atoms with Crippen LogP contribution in [0.15, 0.2) is 0 Å². The lowest BCUT2D eigenvalue weighted by atomic mass is 9.86. The number of rotatable bonds is 5. The molecule has 2 rings (SSSR count). The zero-order chi connectivity index (χ0) is 13.8. The first-order valence-corrected chi connectivity index (χ1v) is 7.03. The summed E-state index contributed by atoms with van der Waals surface area (Å²) in [6, 6.07) is 0. The summed E-state index contributed by atoms with van der Waals surface area (Å²) < 4.78 is 24.2. The van der Waals surface area contributed by atoms with E-state index in [9.17, 15) is 13.6 Å². The number of likely N-dealkylation sites (tertiary alicyclic amines) is 2. The summed E-state index contributed by atoms with van der Waals surface area (Å²) in [4.78, 5) is 14.1. The van der Waals surface area contributed by atoms with Crippen LogP contribution in [0.4, 0.5) is 13.6 Å². The van der Waals surface area contributed by atoms with E-state index in [0.29, 0.717) is 24.9 Å². The number of piperidine rings is 1. The van der Waals surface area contributed by atoms with Crippen LogP contribution >= 0.6 is 0 Å². The normalized spacial score (nSPS) is 22.8.